The van der Waals surface area contributed by atoms with Crippen LogP contribution < -0.4 is 4.72 Å². The summed E-state index contributed by atoms with van der Waals surface area (Å²) in [5, 5.41) is 0. The molecule has 0 aliphatic heterocycles. The highest BCUT2D eigenvalue weighted by Crippen LogP contribution is 2.16. The van der Waals surface area contributed by atoms with Crippen LogP contribution in [0.2, 0.25) is 0 Å². The van der Waals surface area contributed by atoms with Crippen molar-refractivity contribution in [3.05, 3.63) is 29.3 Å². The lowest BCUT2D eigenvalue weighted by Gasteiger charge is -2.10. The van der Waals surface area contributed by atoms with Crippen LogP contribution in [0.25, 0.3) is 0 Å². The SMILES string of the molecule is CCCCCCCCCCCCNS(=O)(=O)c1ccc(C)cc1C. The quantitative estimate of drug-likeness (QED) is 0.476. The zero-order valence-corrected chi connectivity index (χ0v) is 16.6. The number of benzene rings is 1. The summed E-state index contributed by atoms with van der Waals surface area (Å²) in [7, 11) is -3.37. The third kappa shape index (κ3) is 8.29. The standard InChI is InChI=1S/C20H35NO2S/c1-4-5-6-7-8-9-10-11-12-13-16-21-24(22,23)20-15-14-18(2)17-19(20)3/h14-15,17,21H,4-13,16H2,1-3H3. The third-order valence-corrected chi connectivity index (χ3v) is 6.06. The van der Waals surface area contributed by atoms with Crippen molar-refractivity contribution >= 4 is 10.0 Å². The normalized spacial score (nSPS) is 11.8. The van der Waals surface area contributed by atoms with Crippen LogP contribution in [-0.4, -0.2) is 15.0 Å². The van der Waals surface area contributed by atoms with Crippen LogP contribution in [0.5, 0.6) is 0 Å². The van der Waals surface area contributed by atoms with Gasteiger partial charge in [0.25, 0.3) is 0 Å². The minimum atomic E-state index is -3.37. The summed E-state index contributed by atoms with van der Waals surface area (Å²) < 4.78 is 27.4. The molecule has 0 aliphatic carbocycles. The summed E-state index contributed by atoms with van der Waals surface area (Å²) in [6.45, 7) is 6.60. The second-order valence-corrected chi connectivity index (χ2v) is 8.58. The molecule has 0 bridgehead atoms. The van der Waals surface area contributed by atoms with E-state index in [4.69, 9.17) is 0 Å². The number of rotatable bonds is 13. The van der Waals surface area contributed by atoms with Gasteiger partial charge < -0.3 is 0 Å². The Kier molecular flexibility index (Phi) is 10.3. The van der Waals surface area contributed by atoms with E-state index in [9.17, 15) is 8.42 Å². The fraction of sp³-hybridized carbons (Fsp3) is 0.700. The number of nitrogens with one attached hydrogen (secondary N) is 1. The summed E-state index contributed by atoms with van der Waals surface area (Å²) in [5.41, 5.74) is 1.90. The molecule has 0 fully saturated rings. The van der Waals surface area contributed by atoms with Gasteiger partial charge >= 0.3 is 0 Å². The van der Waals surface area contributed by atoms with Gasteiger partial charge in [-0.25, -0.2) is 13.1 Å². The first-order valence-electron chi connectivity index (χ1n) is 9.54. The van der Waals surface area contributed by atoms with Crippen LogP contribution in [0.3, 0.4) is 0 Å². The van der Waals surface area contributed by atoms with Gasteiger partial charge in [-0.15, -0.1) is 0 Å². The molecule has 0 unspecified atom stereocenters. The second-order valence-electron chi connectivity index (χ2n) is 6.85. The van der Waals surface area contributed by atoms with Crippen LogP contribution >= 0.6 is 0 Å². The Morgan fingerprint density at radius 3 is 1.92 bits per heavy atom. The first-order valence-corrected chi connectivity index (χ1v) is 11.0. The molecule has 0 aromatic heterocycles. The molecule has 0 saturated carbocycles. The first-order chi connectivity index (χ1) is 11.5. The van der Waals surface area contributed by atoms with Gasteiger partial charge in [-0.3, -0.25) is 0 Å². The number of hydrogen-bond donors (Lipinski definition) is 1. The summed E-state index contributed by atoms with van der Waals surface area (Å²) in [6.07, 6.45) is 12.6. The molecule has 0 amide bonds. The van der Waals surface area contributed by atoms with E-state index in [1.165, 1.54) is 51.4 Å². The highest BCUT2D eigenvalue weighted by atomic mass is 32.2. The van der Waals surface area contributed by atoms with Gasteiger partial charge in [0.1, 0.15) is 0 Å². The van der Waals surface area contributed by atoms with E-state index in [0.717, 1.165) is 24.0 Å². The van der Waals surface area contributed by atoms with Gasteiger partial charge in [0.05, 0.1) is 4.90 Å². The average molecular weight is 354 g/mol. The Bertz CT molecular complexity index is 567. The smallest absolute Gasteiger partial charge is 0.211 e. The van der Waals surface area contributed by atoms with Gasteiger partial charge in [0.15, 0.2) is 0 Å². The third-order valence-electron chi connectivity index (χ3n) is 4.44. The zero-order valence-electron chi connectivity index (χ0n) is 15.7. The van der Waals surface area contributed by atoms with E-state index in [1.54, 1.807) is 6.07 Å². The van der Waals surface area contributed by atoms with Crippen molar-refractivity contribution in [3.63, 3.8) is 0 Å². The van der Waals surface area contributed by atoms with Crippen molar-refractivity contribution in [2.45, 2.75) is 89.9 Å². The Balaban J connectivity index is 2.14. The lowest BCUT2D eigenvalue weighted by atomic mass is 10.1. The van der Waals surface area contributed by atoms with E-state index in [2.05, 4.69) is 11.6 Å². The van der Waals surface area contributed by atoms with Crippen molar-refractivity contribution in [2.75, 3.05) is 6.54 Å². The predicted octanol–water partition coefficient (Wildman–Crippen LogP) is 5.50. The minimum Gasteiger partial charge on any atom is -0.211 e. The molecular formula is C20H35NO2S. The maximum atomic E-state index is 12.3. The van der Waals surface area contributed by atoms with Crippen molar-refractivity contribution in [1.82, 2.24) is 4.72 Å². The number of aryl methyl sites for hydroxylation is 2. The Labute approximate surface area is 149 Å². The summed E-state index contributed by atoms with van der Waals surface area (Å²) >= 11 is 0. The molecule has 4 heteroatoms. The fourth-order valence-electron chi connectivity index (χ4n) is 3.00. The average Bonchev–Trinajstić information content (AvgIpc) is 2.52. The van der Waals surface area contributed by atoms with Crippen LogP contribution in [-0.2, 0) is 10.0 Å². The molecule has 24 heavy (non-hydrogen) atoms. The largest absolute Gasteiger partial charge is 0.240 e. The summed E-state index contributed by atoms with van der Waals surface area (Å²) in [4.78, 5) is 0.403. The van der Waals surface area contributed by atoms with E-state index < -0.39 is 10.0 Å². The van der Waals surface area contributed by atoms with Crippen LogP contribution in [0.15, 0.2) is 23.1 Å². The maximum Gasteiger partial charge on any atom is 0.240 e. The van der Waals surface area contributed by atoms with Gasteiger partial charge in [0, 0.05) is 6.54 Å². The molecule has 1 aromatic carbocycles. The lowest BCUT2D eigenvalue weighted by molar-refractivity contribution is 0.549. The molecule has 0 heterocycles. The Hall–Kier alpha value is -0.870. The molecule has 0 spiro atoms. The molecule has 138 valence electrons. The Morgan fingerprint density at radius 1 is 0.833 bits per heavy atom. The van der Waals surface area contributed by atoms with E-state index in [0.29, 0.717) is 11.4 Å². The maximum absolute atomic E-state index is 12.3. The molecule has 0 aliphatic rings. The predicted molar refractivity (Wildman–Crippen MR) is 103 cm³/mol. The number of unbranched alkanes of at least 4 members (excludes halogenated alkanes) is 9. The van der Waals surface area contributed by atoms with Crippen molar-refractivity contribution < 1.29 is 8.42 Å². The molecule has 0 saturated heterocycles. The number of hydrogen-bond acceptors (Lipinski definition) is 2. The molecule has 0 radical (unpaired) electrons. The second kappa shape index (κ2) is 11.6. The van der Waals surface area contributed by atoms with Crippen LogP contribution in [0.1, 0.15) is 82.3 Å². The first kappa shape index (κ1) is 21.2. The van der Waals surface area contributed by atoms with Crippen LogP contribution in [0, 0.1) is 13.8 Å². The monoisotopic (exact) mass is 353 g/mol. The van der Waals surface area contributed by atoms with E-state index >= 15 is 0 Å². The van der Waals surface area contributed by atoms with Crippen molar-refractivity contribution in [3.8, 4) is 0 Å². The van der Waals surface area contributed by atoms with Gasteiger partial charge in [-0.05, 0) is 31.9 Å². The van der Waals surface area contributed by atoms with Gasteiger partial charge in [0.2, 0.25) is 10.0 Å². The van der Waals surface area contributed by atoms with Crippen molar-refractivity contribution in [2.24, 2.45) is 0 Å². The van der Waals surface area contributed by atoms with Crippen LogP contribution in [0.4, 0.5) is 0 Å². The van der Waals surface area contributed by atoms with E-state index in [1.807, 2.05) is 26.0 Å². The molecular weight excluding hydrogens is 318 g/mol. The summed E-state index contributed by atoms with van der Waals surface area (Å²) in [6, 6.07) is 5.46. The molecule has 1 aromatic rings. The molecule has 1 N–H and O–H groups in total. The fourth-order valence-corrected chi connectivity index (χ4v) is 4.30. The summed E-state index contributed by atoms with van der Waals surface area (Å²) in [5.74, 6) is 0. The Morgan fingerprint density at radius 2 is 1.38 bits per heavy atom. The number of sulfonamides is 1. The minimum absolute atomic E-state index is 0.403. The lowest BCUT2D eigenvalue weighted by Crippen LogP contribution is -2.25. The van der Waals surface area contributed by atoms with E-state index in [-0.39, 0.29) is 0 Å². The highest BCUT2D eigenvalue weighted by Gasteiger charge is 2.15. The zero-order chi connectivity index (χ0) is 17.8. The molecule has 1 rings (SSSR count). The topological polar surface area (TPSA) is 46.2 Å². The molecule has 0 atom stereocenters. The molecule has 3 nitrogen and oxygen atoms in total. The van der Waals surface area contributed by atoms with Gasteiger partial charge in [-0.2, -0.15) is 0 Å². The van der Waals surface area contributed by atoms with Gasteiger partial charge in [-0.1, -0.05) is 82.4 Å². The highest BCUT2D eigenvalue weighted by molar-refractivity contribution is 7.89. The van der Waals surface area contributed by atoms with Crippen molar-refractivity contribution in [1.29, 1.82) is 0 Å².